The van der Waals surface area contributed by atoms with Crippen LogP contribution in [0.25, 0.3) is 0 Å². The molecule has 0 aliphatic carbocycles. The largest absolute Gasteiger partial charge is 0.483 e. The molecule has 0 bridgehead atoms. The Morgan fingerprint density at radius 1 is 1.34 bits per heavy atom. The monoisotopic (exact) mass is 405 g/mol. The molecule has 1 atom stereocenters. The lowest BCUT2D eigenvalue weighted by Gasteiger charge is -2.25. The van der Waals surface area contributed by atoms with E-state index in [9.17, 15) is 13.6 Å². The highest BCUT2D eigenvalue weighted by atomic mass is 19.1. The van der Waals surface area contributed by atoms with E-state index in [1.807, 2.05) is 0 Å². The fourth-order valence-corrected chi connectivity index (χ4v) is 3.00. The van der Waals surface area contributed by atoms with Gasteiger partial charge in [-0.1, -0.05) is 6.07 Å². The minimum Gasteiger partial charge on any atom is -0.483 e. The Morgan fingerprint density at radius 2 is 2.07 bits per heavy atom. The van der Waals surface area contributed by atoms with Crippen molar-refractivity contribution < 1.29 is 28.2 Å². The molecule has 0 unspecified atom stereocenters. The number of carbonyl (C=O) groups is 2. The van der Waals surface area contributed by atoms with Crippen LogP contribution >= 0.6 is 0 Å². The van der Waals surface area contributed by atoms with Crippen molar-refractivity contribution in [3.8, 4) is 0 Å². The van der Waals surface area contributed by atoms with E-state index in [1.54, 1.807) is 13.0 Å². The SMILES string of the molecule is C[C@@]1(c2cc(CC(=O)c3ncccc3F)ccc2F)CCOCC(N)=N1.O=CO. The Labute approximate surface area is 166 Å². The quantitative estimate of drug-likeness (QED) is 0.597. The van der Waals surface area contributed by atoms with E-state index < -0.39 is 23.0 Å². The number of carboxylic acid groups (broad SMARTS) is 1. The summed E-state index contributed by atoms with van der Waals surface area (Å²) in [6.45, 7) is 2.12. The molecule has 154 valence electrons. The van der Waals surface area contributed by atoms with Crippen molar-refractivity contribution >= 4 is 18.1 Å². The summed E-state index contributed by atoms with van der Waals surface area (Å²) in [5, 5.41) is 6.89. The molecule has 3 rings (SSSR count). The second-order valence-electron chi connectivity index (χ2n) is 6.53. The van der Waals surface area contributed by atoms with Crippen molar-refractivity contribution in [2.75, 3.05) is 13.2 Å². The summed E-state index contributed by atoms with van der Waals surface area (Å²) < 4.78 is 33.6. The van der Waals surface area contributed by atoms with Gasteiger partial charge in [-0.25, -0.2) is 8.78 Å². The lowest BCUT2D eigenvalue weighted by Crippen LogP contribution is -2.25. The average molecular weight is 405 g/mol. The van der Waals surface area contributed by atoms with Gasteiger partial charge in [-0.3, -0.25) is 19.6 Å². The molecule has 1 aliphatic rings. The van der Waals surface area contributed by atoms with Gasteiger partial charge in [0.1, 0.15) is 24.0 Å². The van der Waals surface area contributed by atoms with Crippen LogP contribution in [0.4, 0.5) is 8.78 Å². The lowest BCUT2D eigenvalue weighted by atomic mass is 9.87. The average Bonchev–Trinajstić information content (AvgIpc) is 2.85. The van der Waals surface area contributed by atoms with Gasteiger partial charge in [0, 0.05) is 24.8 Å². The van der Waals surface area contributed by atoms with E-state index in [2.05, 4.69) is 9.98 Å². The highest BCUT2D eigenvalue weighted by Gasteiger charge is 2.31. The third-order valence-electron chi connectivity index (χ3n) is 4.37. The topological polar surface area (TPSA) is 115 Å². The van der Waals surface area contributed by atoms with Crippen molar-refractivity contribution in [1.29, 1.82) is 0 Å². The van der Waals surface area contributed by atoms with Gasteiger partial charge >= 0.3 is 0 Å². The first kappa shape index (κ1) is 22.1. The maximum Gasteiger partial charge on any atom is 0.290 e. The number of carbonyl (C=O) groups excluding carboxylic acids is 1. The van der Waals surface area contributed by atoms with Crippen LogP contribution < -0.4 is 5.73 Å². The summed E-state index contributed by atoms with van der Waals surface area (Å²) >= 11 is 0. The number of rotatable bonds is 4. The molecule has 9 heteroatoms. The fourth-order valence-electron chi connectivity index (χ4n) is 3.00. The molecule has 1 aromatic heterocycles. The van der Waals surface area contributed by atoms with Crippen LogP contribution in [-0.2, 0) is 21.5 Å². The fraction of sp³-hybridized carbons (Fsp3) is 0.300. The second kappa shape index (κ2) is 9.83. The third-order valence-corrected chi connectivity index (χ3v) is 4.37. The molecule has 0 radical (unpaired) electrons. The molecular weight excluding hydrogens is 384 g/mol. The number of hydrogen-bond acceptors (Lipinski definition) is 6. The molecule has 3 N–H and O–H groups in total. The summed E-state index contributed by atoms with van der Waals surface area (Å²) in [5.74, 6) is -1.30. The highest BCUT2D eigenvalue weighted by Crippen LogP contribution is 2.33. The summed E-state index contributed by atoms with van der Waals surface area (Å²) in [7, 11) is 0. The minimum atomic E-state index is -0.889. The van der Waals surface area contributed by atoms with Crippen LogP contribution in [0.3, 0.4) is 0 Å². The Morgan fingerprint density at radius 3 is 2.76 bits per heavy atom. The molecule has 7 nitrogen and oxygen atoms in total. The van der Waals surface area contributed by atoms with Crippen LogP contribution in [0.2, 0.25) is 0 Å². The lowest BCUT2D eigenvalue weighted by molar-refractivity contribution is -0.122. The number of ether oxygens (including phenoxy) is 1. The standard InChI is InChI=1S/C19H19F2N3O2.CH2O2/c1-19(6-8-26-11-17(22)24-19)13-9-12(4-5-14(13)20)10-16(25)18-15(21)3-2-7-23-18;2-1-3/h2-5,7,9H,6,8,10-11H2,1H3,(H2,22,24);1H,(H,2,3)/t19-;/m0./s1. The van der Waals surface area contributed by atoms with Crippen molar-refractivity contribution in [2.45, 2.75) is 25.3 Å². The van der Waals surface area contributed by atoms with Gasteiger partial charge in [-0.05, 0) is 43.2 Å². The highest BCUT2D eigenvalue weighted by molar-refractivity contribution is 5.96. The molecule has 1 aromatic carbocycles. The van der Waals surface area contributed by atoms with E-state index in [0.29, 0.717) is 30.0 Å². The van der Waals surface area contributed by atoms with Gasteiger partial charge in [0.15, 0.2) is 11.6 Å². The zero-order valence-corrected chi connectivity index (χ0v) is 15.8. The van der Waals surface area contributed by atoms with E-state index in [4.69, 9.17) is 20.4 Å². The summed E-state index contributed by atoms with van der Waals surface area (Å²) in [4.78, 5) is 28.9. The molecule has 0 saturated carbocycles. The minimum absolute atomic E-state index is 0.0903. The van der Waals surface area contributed by atoms with Crippen molar-refractivity contribution in [3.05, 3.63) is 65.0 Å². The maximum absolute atomic E-state index is 14.5. The van der Waals surface area contributed by atoms with Crippen LogP contribution in [0, 0.1) is 11.6 Å². The Balaban J connectivity index is 0.000000941. The van der Waals surface area contributed by atoms with Crippen LogP contribution in [0.1, 0.15) is 35.0 Å². The first-order chi connectivity index (χ1) is 13.8. The smallest absolute Gasteiger partial charge is 0.290 e. The number of amidine groups is 1. The number of aromatic nitrogens is 1. The Hall–Kier alpha value is -3.20. The maximum atomic E-state index is 14.5. The third kappa shape index (κ3) is 5.64. The molecule has 0 amide bonds. The van der Waals surface area contributed by atoms with Crippen LogP contribution in [0.5, 0.6) is 0 Å². The van der Waals surface area contributed by atoms with Gasteiger partial charge in [0.2, 0.25) is 0 Å². The molecule has 2 heterocycles. The van der Waals surface area contributed by atoms with E-state index in [1.165, 1.54) is 30.5 Å². The van der Waals surface area contributed by atoms with E-state index >= 15 is 0 Å². The molecule has 29 heavy (non-hydrogen) atoms. The first-order valence-electron chi connectivity index (χ1n) is 8.73. The number of pyridine rings is 1. The Bertz CT molecular complexity index is 920. The number of benzene rings is 1. The molecule has 2 aromatic rings. The van der Waals surface area contributed by atoms with Gasteiger partial charge in [0.25, 0.3) is 6.47 Å². The summed E-state index contributed by atoms with van der Waals surface area (Å²) in [6.07, 6.45) is 1.72. The number of halogens is 2. The normalized spacial score (nSPS) is 18.7. The Kier molecular flexibility index (Phi) is 7.49. The molecule has 0 fully saturated rings. The van der Waals surface area contributed by atoms with Crippen LogP contribution in [0.15, 0.2) is 41.5 Å². The number of hydrogen-bond donors (Lipinski definition) is 2. The van der Waals surface area contributed by atoms with Crippen molar-refractivity contribution in [2.24, 2.45) is 10.7 Å². The predicted molar refractivity (Wildman–Crippen MR) is 102 cm³/mol. The number of Topliss-reactive ketones (excluding diaryl/α,β-unsaturated/α-hetero) is 1. The molecule has 0 saturated heterocycles. The number of nitrogens with two attached hydrogens (primary N) is 1. The van der Waals surface area contributed by atoms with Crippen molar-refractivity contribution in [3.63, 3.8) is 0 Å². The van der Waals surface area contributed by atoms with Gasteiger partial charge < -0.3 is 15.6 Å². The molecule has 0 spiro atoms. The molecular formula is C20H21F2N3O4. The van der Waals surface area contributed by atoms with E-state index in [-0.39, 0.29) is 25.2 Å². The summed E-state index contributed by atoms with van der Waals surface area (Å²) in [5.41, 5.74) is 5.58. The van der Waals surface area contributed by atoms with Crippen LogP contribution in [-0.4, -0.2) is 41.4 Å². The van der Waals surface area contributed by atoms with Gasteiger partial charge in [-0.15, -0.1) is 0 Å². The predicted octanol–water partition coefficient (Wildman–Crippen LogP) is 2.48. The number of ketones is 1. The summed E-state index contributed by atoms with van der Waals surface area (Å²) in [6, 6.07) is 6.96. The van der Waals surface area contributed by atoms with Gasteiger partial charge in [0.05, 0.1) is 5.54 Å². The van der Waals surface area contributed by atoms with Gasteiger partial charge in [-0.2, -0.15) is 0 Å². The number of aliphatic imine (C=N–C) groups is 1. The molecule has 1 aliphatic heterocycles. The zero-order chi connectivity index (χ0) is 21.4. The zero-order valence-electron chi connectivity index (χ0n) is 15.8. The van der Waals surface area contributed by atoms with Crippen molar-refractivity contribution in [1.82, 2.24) is 4.98 Å². The van der Waals surface area contributed by atoms with E-state index in [0.717, 1.165) is 0 Å². The second-order valence-corrected chi connectivity index (χ2v) is 6.53. The first-order valence-corrected chi connectivity index (χ1v) is 8.73. The number of nitrogens with zero attached hydrogens (tertiary/aromatic N) is 2.